The van der Waals surface area contributed by atoms with Gasteiger partial charge in [-0.05, 0) is 6.42 Å². The summed E-state index contributed by atoms with van der Waals surface area (Å²) in [5.41, 5.74) is 0. The van der Waals surface area contributed by atoms with E-state index < -0.39 is 0 Å². The number of hydrogen-bond donors (Lipinski definition) is 1. The molecule has 14 heavy (non-hydrogen) atoms. The van der Waals surface area contributed by atoms with Crippen molar-refractivity contribution >= 4 is 0 Å². The Bertz CT molecular complexity index is 248. The lowest BCUT2D eigenvalue weighted by Gasteiger charge is -2.06. The van der Waals surface area contributed by atoms with E-state index in [0.717, 1.165) is 6.42 Å². The molecule has 0 fully saturated rings. The molecule has 0 spiro atoms. The first-order valence-electron chi connectivity index (χ1n) is 4.87. The number of aliphatic hydroxyl groups is 1. The third kappa shape index (κ3) is 4.63. The van der Waals surface area contributed by atoms with Crippen LogP contribution in [-0.2, 0) is 0 Å². The summed E-state index contributed by atoms with van der Waals surface area (Å²) in [7, 11) is 0. The number of aliphatic hydroxyl groups excluding tert-OH is 1. The van der Waals surface area contributed by atoms with Crippen LogP contribution in [0.4, 0.5) is 0 Å². The van der Waals surface area contributed by atoms with Gasteiger partial charge in [0.15, 0.2) is 0 Å². The molecular formula is C13H16O. The zero-order chi connectivity index (χ0) is 10.1. The Morgan fingerprint density at radius 3 is 1.79 bits per heavy atom. The van der Waals surface area contributed by atoms with Crippen LogP contribution in [0.25, 0.3) is 0 Å². The van der Waals surface area contributed by atoms with Gasteiger partial charge in [0.05, 0.1) is 0 Å². The topological polar surface area (TPSA) is 20.2 Å². The van der Waals surface area contributed by atoms with Gasteiger partial charge in [0.1, 0.15) is 0 Å². The Morgan fingerprint density at radius 2 is 1.50 bits per heavy atom. The summed E-state index contributed by atoms with van der Waals surface area (Å²) >= 11 is 0. The molecule has 2 rings (SSSR count). The molecule has 0 aliphatic heterocycles. The van der Waals surface area contributed by atoms with E-state index in [1.165, 1.54) is 0 Å². The molecule has 0 bridgehead atoms. The highest BCUT2D eigenvalue weighted by atomic mass is 16.3. The maximum absolute atomic E-state index is 8.61. The molecule has 1 aromatic carbocycles. The van der Waals surface area contributed by atoms with Crippen molar-refractivity contribution in [3.63, 3.8) is 0 Å². The zero-order valence-corrected chi connectivity index (χ0v) is 8.21. The smallest absolute Gasteiger partial charge is 0.0496 e. The van der Waals surface area contributed by atoms with Crippen molar-refractivity contribution in [1.29, 1.82) is 0 Å². The van der Waals surface area contributed by atoms with Crippen LogP contribution in [0, 0.1) is 5.92 Å². The standard InChI is InChI=1S/C7H10O.C6H6/c8-6-7-4-2-1-3-5-7;1-2-4-6-5-3-1/h1-4,7-8H,5-6H2;1-6H. The molecule has 1 atom stereocenters. The van der Waals surface area contributed by atoms with Gasteiger partial charge in [-0.2, -0.15) is 0 Å². The molecule has 74 valence electrons. The fourth-order valence-corrected chi connectivity index (χ4v) is 1.15. The van der Waals surface area contributed by atoms with Gasteiger partial charge in [0.25, 0.3) is 0 Å². The second kappa shape index (κ2) is 7.10. The number of rotatable bonds is 1. The summed E-state index contributed by atoms with van der Waals surface area (Å²) in [6.45, 7) is 0.279. The van der Waals surface area contributed by atoms with Crippen molar-refractivity contribution < 1.29 is 5.11 Å². The van der Waals surface area contributed by atoms with Crippen LogP contribution in [0.5, 0.6) is 0 Å². The first kappa shape index (κ1) is 10.7. The summed E-state index contributed by atoms with van der Waals surface area (Å²) in [4.78, 5) is 0. The van der Waals surface area contributed by atoms with Gasteiger partial charge in [-0.15, -0.1) is 0 Å². The average Bonchev–Trinajstić information content (AvgIpc) is 2.33. The molecule has 1 nitrogen and oxygen atoms in total. The average molecular weight is 188 g/mol. The van der Waals surface area contributed by atoms with Gasteiger partial charge >= 0.3 is 0 Å². The minimum atomic E-state index is 0.279. The SMILES string of the molecule is OCC1C=CC=CC1.c1ccccc1. The number of hydrogen-bond acceptors (Lipinski definition) is 1. The summed E-state index contributed by atoms with van der Waals surface area (Å²) in [5.74, 6) is 0.375. The van der Waals surface area contributed by atoms with E-state index in [0.29, 0.717) is 5.92 Å². The minimum absolute atomic E-state index is 0.279. The van der Waals surface area contributed by atoms with E-state index in [9.17, 15) is 0 Å². The van der Waals surface area contributed by atoms with Gasteiger partial charge in [-0.25, -0.2) is 0 Å². The molecule has 0 saturated heterocycles. The van der Waals surface area contributed by atoms with E-state index in [1.807, 2.05) is 54.6 Å². The molecule has 1 aromatic rings. The van der Waals surface area contributed by atoms with Gasteiger partial charge in [0, 0.05) is 12.5 Å². The quantitative estimate of drug-likeness (QED) is 0.718. The third-order valence-electron chi connectivity index (χ3n) is 1.97. The number of benzene rings is 1. The maximum atomic E-state index is 8.61. The molecule has 0 amide bonds. The lowest BCUT2D eigenvalue weighted by Crippen LogP contribution is -2.01. The first-order valence-corrected chi connectivity index (χ1v) is 4.87. The van der Waals surface area contributed by atoms with Crippen LogP contribution in [0.1, 0.15) is 6.42 Å². The molecule has 1 N–H and O–H groups in total. The van der Waals surface area contributed by atoms with E-state index >= 15 is 0 Å². The fourth-order valence-electron chi connectivity index (χ4n) is 1.15. The summed E-state index contributed by atoms with van der Waals surface area (Å²) in [6, 6.07) is 12.0. The molecular weight excluding hydrogens is 172 g/mol. The Kier molecular flexibility index (Phi) is 5.45. The van der Waals surface area contributed by atoms with Crippen LogP contribution >= 0.6 is 0 Å². The lowest BCUT2D eigenvalue weighted by molar-refractivity contribution is 0.253. The van der Waals surface area contributed by atoms with E-state index in [4.69, 9.17) is 5.11 Å². The highest BCUT2D eigenvalue weighted by Gasteiger charge is 2.00. The van der Waals surface area contributed by atoms with Crippen molar-refractivity contribution in [2.24, 2.45) is 5.92 Å². The molecule has 1 unspecified atom stereocenters. The van der Waals surface area contributed by atoms with Crippen molar-refractivity contribution in [2.75, 3.05) is 6.61 Å². The normalized spacial score (nSPS) is 18.5. The summed E-state index contributed by atoms with van der Waals surface area (Å²) in [6.07, 6.45) is 9.07. The largest absolute Gasteiger partial charge is 0.396 e. The van der Waals surface area contributed by atoms with Crippen molar-refractivity contribution in [2.45, 2.75) is 6.42 Å². The van der Waals surface area contributed by atoms with Crippen LogP contribution in [0.15, 0.2) is 60.7 Å². The third-order valence-corrected chi connectivity index (χ3v) is 1.97. The Hall–Kier alpha value is -1.34. The highest BCUT2D eigenvalue weighted by molar-refractivity contribution is 5.10. The first-order chi connectivity index (χ1) is 6.93. The summed E-state index contributed by atoms with van der Waals surface area (Å²) in [5, 5.41) is 8.61. The Balaban J connectivity index is 0.000000146. The van der Waals surface area contributed by atoms with E-state index in [-0.39, 0.29) is 6.61 Å². The molecule has 0 aromatic heterocycles. The van der Waals surface area contributed by atoms with Crippen LogP contribution in [0.3, 0.4) is 0 Å². The fraction of sp³-hybridized carbons (Fsp3) is 0.231. The van der Waals surface area contributed by atoms with Crippen LogP contribution in [0.2, 0.25) is 0 Å². The molecule has 1 heteroatoms. The molecule has 0 saturated carbocycles. The zero-order valence-electron chi connectivity index (χ0n) is 8.21. The second-order valence-corrected chi connectivity index (χ2v) is 3.15. The summed E-state index contributed by atoms with van der Waals surface area (Å²) < 4.78 is 0. The second-order valence-electron chi connectivity index (χ2n) is 3.15. The van der Waals surface area contributed by atoms with Gasteiger partial charge < -0.3 is 5.11 Å². The molecule has 0 heterocycles. The maximum Gasteiger partial charge on any atom is 0.0496 e. The predicted octanol–water partition coefficient (Wildman–Crippen LogP) is 2.80. The molecule has 0 radical (unpaired) electrons. The van der Waals surface area contributed by atoms with Gasteiger partial charge in [-0.1, -0.05) is 60.7 Å². The Labute approximate surface area is 85.4 Å². The van der Waals surface area contributed by atoms with Crippen molar-refractivity contribution in [3.8, 4) is 0 Å². The van der Waals surface area contributed by atoms with Gasteiger partial charge in [0.2, 0.25) is 0 Å². The van der Waals surface area contributed by atoms with Crippen molar-refractivity contribution in [3.05, 3.63) is 60.7 Å². The van der Waals surface area contributed by atoms with Crippen molar-refractivity contribution in [1.82, 2.24) is 0 Å². The van der Waals surface area contributed by atoms with E-state index in [2.05, 4.69) is 6.08 Å². The molecule has 1 aliphatic carbocycles. The minimum Gasteiger partial charge on any atom is -0.396 e. The Morgan fingerprint density at radius 1 is 0.929 bits per heavy atom. The van der Waals surface area contributed by atoms with E-state index in [1.54, 1.807) is 0 Å². The van der Waals surface area contributed by atoms with Gasteiger partial charge in [-0.3, -0.25) is 0 Å². The molecule has 1 aliphatic rings. The number of allylic oxidation sites excluding steroid dienone is 3. The monoisotopic (exact) mass is 188 g/mol. The highest BCUT2D eigenvalue weighted by Crippen LogP contribution is 2.08. The lowest BCUT2D eigenvalue weighted by atomic mass is 10.0. The van der Waals surface area contributed by atoms with Crippen LogP contribution in [-0.4, -0.2) is 11.7 Å². The predicted molar refractivity (Wildman–Crippen MR) is 59.9 cm³/mol. The van der Waals surface area contributed by atoms with Crippen LogP contribution < -0.4 is 0 Å².